The number of carbonyl (C=O) groups excluding carboxylic acids is 1. The highest BCUT2D eigenvalue weighted by Crippen LogP contribution is 2.41. The van der Waals surface area contributed by atoms with Crippen molar-refractivity contribution in [3.05, 3.63) is 65.0 Å². The van der Waals surface area contributed by atoms with Crippen molar-refractivity contribution >= 4 is 15.9 Å². The van der Waals surface area contributed by atoms with Gasteiger partial charge in [0, 0.05) is 12.0 Å². The van der Waals surface area contributed by atoms with Gasteiger partial charge in [-0.1, -0.05) is 12.1 Å². The van der Waals surface area contributed by atoms with E-state index in [1.54, 1.807) is 6.92 Å². The van der Waals surface area contributed by atoms with E-state index in [0.29, 0.717) is 11.6 Å². The molecule has 36 heavy (non-hydrogen) atoms. The first kappa shape index (κ1) is 27.9. The van der Waals surface area contributed by atoms with Gasteiger partial charge in [0.05, 0.1) is 22.1 Å². The van der Waals surface area contributed by atoms with Gasteiger partial charge >= 0.3 is 12.4 Å². The van der Waals surface area contributed by atoms with Crippen LogP contribution in [0.15, 0.2) is 47.4 Å². The molecule has 1 amide bonds. The lowest BCUT2D eigenvalue weighted by Gasteiger charge is -2.29. The molecule has 2 N–H and O–H groups in total. The molecular weight excluding hydrogens is 517 g/mol. The van der Waals surface area contributed by atoms with Crippen molar-refractivity contribution in [1.29, 1.82) is 0 Å². The molecule has 0 aromatic heterocycles. The number of rotatable bonds is 6. The van der Waals surface area contributed by atoms with E-state index in [9.17, 15) is 43.9 Å². The molecule has 1 aliphatic carbocycles. The van der Waals surface area contributed by atoms with Gasteiger partial charge in [0.2, 0.25) is 15.9 Å². The average molecular weight is 541 g/mol. The highest BCUT2D eigenvalue weighted by atomic mass is 32.2. The Hall–Kier alpha value is -2.67. The summed E-state index contributed by atoms with van der Waals surface area (Å²) in [5, 5.41) is 2.81. The molecule has 198 valence electrons. The molecule has 13 heteroatoms. The monoisotopic (exact) mass is 540 g/mol. The normalized spacial score (nSPS) is 20.1. The SMILES string of the molecule is C[C@@H](NC(=O)C1CCC(NS(=O)(=O)c2ccc(C(F)(F)F)c(C(F)(F)F)c2)CC1)c1ccc(F)cc1. The molecule has 0 unspecified atom stereocenters. The summed E-state index contributed by atoms with van der Waals surface area (Å²) in [6.07, 6.45) is -9.74. The van der Waals surface area contributed by atoms with Crippen molar-refractivity contribution in [2.75, 3.05) is 0 Å². The van der Waals surface area contributed by atoms with E-state index in [1.165, 1.54) is 24.3 Å². The van der Waals surface area contributed by atoms with Crippen molar-refractivity contribution in [3.63, 3.8) is 0 Å². The molecule has 2 aromatic rings. The maximum absolute atomic E-state index is 13.2. The number of hydrogen-bond donors (Lipinski definition) is 2. The van der Waals surface area contributed by atoms with Crippen LogP contribution in [0.5, 0.6) is 0 Å². The van der Waals surface area contributed by atoms with Crippen molar-refractivity contribution in [3.8, 4) is 0 Å². The van der Waals surface area contributed by atoms with Crippen LogP contribution in [0, 0.1) is 11.7 Å². The lowest BCUT2D eigenvalue weighted by Crippen LogP contribution is -2.41. The summed E-state index contributed by atoms with van der Waals surface area (Å²) in [5.41, 5.74) is -3.37. The number of halogens is 7. The largest absolute Gasteiger partial charge is 0.417 e. The number of carbonyl (C=O) groups is 1. The van der Waals surface area contributed by atoms with Crippen LogP contribution in [0.2, 0.25) is 0 Å². The predicted octanol–water partition coefficient (Wildman–Crippen LogP) is 5.58. The fourth-order valence-electron chi connectivity index (χ4n) is 4.10. The van der Waals surface area contributed by atoms with Crippen LogP contribution in [0.1, 0.15) is 55.3 Å². The Morgan fingerprint density at radius 1 is 0.889 bits per heavy atom. The van der Waals surface area contributed by atoms with Crippen LogP contribution >= 0.6 is 0 Å². The first-order valence-corrected chi connectivity index (χ1v) is 12.4. The van der Waals surface area contributed by atoms with Crippen molar-refractivity contribution in [2.24, 2.45) is 5.92 Å². The zero-order valence-electron chi connectivity index (χ0n) is 18.9. The Balaban J connectivity index is 1.63. The van der Waals surface area contributed by atoms with Gasteiger partial charge in [-0.05, 0) is 68.5 Å². The molecule has 0 aliphatic heterocycles. The fourth-order valence-corrected chi connectivity index (χ4v) is 5.43. The molecule has 1 atom stereocenters. The van der Waals surface area contributed by atoms with Gasteiger partial charge in [0.15, 0.2) is 0 Å². The van der Waals surface area contributed by atoms with Gasteiger partial charge in [-0.2, -0.15) is 26.3 Å². The first-order valence-electron chi connectivity index (χ1n) is 10.9. The Bertz CT molecular complexity index is 1190. The van der Waals surface area contributed by atoms with Crippen LogP contribution in [-0.4, -0.2) is 20.4 Å². The van der Waals surface area contributed by atoms with Crippen LogP contribution in [0.3, 0.4) is 0 Å². The summed E-state index contributed by atoms with van der Waals surface area (Å²) >= 11 is 0. The second kappa shape index (κ2) is 10.4. The molecule has 0 bridgehead atoms. The quantitative estimate of drug-likeness (QED) is 0.470. The topological polar surface area (TPSA) is 75.3 Å². The van der Waals surface area contributed by atoms with Gasteiger partial charge in [0.1, 0.15) is 5.82 Å². The molecule has 0 saturated heterocycles. The number of benzene rings is 2. The summed E-state index contributed by atoms with van der Waals surface area (Å²) < 4.78 is 119. The summed E-state index contributed by atoms with van der Waals surface area (Å²) in [5.74, 6) is -1.12. The minimum Gasteiger partial charge on any atom is -0.349 e. The number of alkyl halides is 6. The molecule has 5 nitrogen and oxygen atoms in total. The van der Waals surface area contributed by atoms with Gasteiger partial charge < -0.3 is 5.32 Å². The lowest BCUT2D eigenvalue weighted by atomic mass is 9.85. The lowest BCUT2D eigenvalue weighted by molar-refractivity contribution is -0.162. The second-order valence-corrected chi connectivity index (χ2v) is 10.4. The van der Waals surface area contributed by atoms with Crippen molar-refractivity contribution < 1.29 is 43.9 Å². The highest BCUT2D eigenvalue weighted by Gasteiger charge is 2.44. The third-order valence-electron chi connectivity index (χ3n) is 6.06. The molecule has 1 saturated carbocycles. The summed E-state index contributed by atoms with van der Waals surface area (Å²) in [4.78, 5) is 11.6. The number of amides is 1. The van der Waals surface area contributed by atoms with Crippen LogP contribution < -0.4 is 10.0 Å². The minimum atomic E-state index is -5.41. The molecule has 0 spiro atoms. The van der Waals surface area contributed by atoms with Crippen LogP contribution in [0.4, 0.5) is 30.7 Å². The molecular formula is C23H23F7N2O3S. The molecule has 0 radical (unpaired) electrons. The zero-order valence-corrected chi connectivity index (χ0v) is 19.7. The third-order valence-corrected chi connectivity index (χ3v) is 7.58. The summed E-state index contributed by atoms with van der Waals surface area (Å²) in [7, 11) is -4.55. The number of sulfonamides is 1. The smallest absolute Gasteiger partial charge is 0.349 e. The predicted molar refractivity (Wildman–Crippen MR) is 115 cm³/mol. The van der Waals surface area contributed by atoms with E-state index in [1.807, 2.05) is 0 Å². The third kappa shape index (κ3) is 6.75. The van der Waals surface area contributed by atoms with E-state index in [2.05, 4.69) is 10.0 Å². The van der Waals surface area contributed by atoms with Crippen molar-refractivity contribution in [1.82, 2.24) is 10.0 Å². The highest BCUT2D eigenvalue weighted by molar-refractivity contribution is 7.89. The Morgan fingerprint density at radius 2 is 1.44 bits per heavy atom. The Morgan fingerprint density at radius 3 is 1.97 bits per heavy atom. The van der Waals surface area contributed by atoms with E-state index in [-0.39, 0.29) is 43.7 Å². The van der Waals surface area contributed by atoms with Crippen LogP contribution in [-0.2, 0) is 27.2 Å². The second-order valence-electron chi connectivity index (χ2n) is 8.65. The number of nitrogens with one attached hydrogen (secondary N) is 2. The Kier molecular flexibility index (Phi) is 8.04. The fraction of sp³-hybridized carbons (Fsp3) is 0.435. The zero-order chi connectivity index (χ0) is 26.9. The average Bonchev–Trinajstić information content (AvgIpc) is 2.78. The molecule has 0 heterocycles. The standard InChI is InChI=1S/C23H23F7N2O3S/c1-13(14-2-6-16(24)7-3-14)31-21(33)15-4-8-17(9-5-15)32-36(34,35)18-10-11-19(22(25,26)27)20(12-18)23(28,29)30/h2-3,6-7,10-13,15,17,32H,4-5,8-9H2,1H3,(H,31,33)/t13-,15?,17?/m1/s1. The first-order chi connectivity index (χ1) is 16.6. The van der Waals surface area contributed by atoms with Crippen molar-refractivity contribution in [2.45, 2.75) is 61.9 Å². The summed E-state index contributed by atoms with van der Waals surface area (Å²) in [6, 6.07) is 5.07. The van der Waals surface area contributed by atoms with E-state index in [0.717, 1.165) is 0 Å². The summed E-state index contributed by atoms with van der Waals surface area (Å²) in [6.45, 7) is 1.73. The minimum absolute atomic E-state index is 0.0267. The van der Waals surface area contributed by atoms with E-state index >= 15 is 0 Å². The van der Waals surface area contributed by atoms with Gasteiger partial charge in [-0.15, -0.1) is 0 Å². The van der Waals surface area contributed by atoms with Gasteiger partial charge in [-0.25, -0.2) is 17.5 Å². The van der Waals surface area contributed by atoms with Crippen LogP contribution in [0.25, 0.3) is 0 Å². The van der Waals surface area contributed by atoms with E-state index in [4.69, 9.17) is 0 Å². The maximum Gasteiger partial charge on any atom is 0.417 e. The van der Waals surface area contributed by atoms with Gasteiger partial charge in [-0.3, -0.25) is 4.79 Å². The molecule has 1 fully saturated rings. The van der Waals surface area contributed by atoms with E-state index < -0.39 is 62.2 Å². The number of hydrogen-bond acceptors (Lipinski definition) is 3. The molecule has 1 aliphatic rings. The molecule has 3 rings (SSSR count). The van der Waals surface area contributed by atoms with Gasteiger partial charge in [0.25, 0.3) is 0 Å². The maximum atomic E-state index is 13.2. The molecule has 2 aromatic carbocycles. The Labute approximate surface area is 203 Å².